The molecule has 0 saturated heterocycles. The van der Waals surface area contributed by atoms with Gasteiger partial charge in [-0.15, -0.1) is 0 Å². The fourth-order valence-electron chi connectivity index (χ4n) is 1.63. The Hall–Kier alpha value is -1.96. The van der Waals surface area contributed by atoms with E-state index in [0.717, 1.165) is 0 Å². The second-order valence-corrected chi connectivity index (χ2v) is 4.28. The summed E-state index contributed by atoms with van der Waals surface area (Å²) in [6, 6.07) is 0. The lowest BCUT2D eigenvalue weighted by atomic mass is 10.2. The van der Waals surface area contributed by atoms with Crippen LogP contribution in [0, 0.1) is 23.0 Å². The summed E-state index contributed by atoms with van der Waals surface area (Å²) >= 11 is 0. The van der Waals surface area contributed by atoms with Gasteiger partial charge < -0.3 is 15.4 Å². The van der Waals surface area contributed by atoms with Gasteiger partial charge in [0.15, 0.2) is 0 Å². The van der Waals surface area contributed by atoms with Crippen molar-refractivity contribution in [1.29, 1.82) is 0 Å². The number of nitrogens with zero attached hydrogens (tertiary/aromatic N) is 3. The van der Waals surface area contributed by atoms with Crippen molar-refractivity contribution in [1.82, 2.24) is 9.97 Å². The number of anilines is 2. The number of methoxy groups -OCH3 is 1. The molecule has 0 aliphatic rings. The molecule has 1 heterocycles. The fourth-order valence-corrected chi connectivity index (χ4v) is 1.63. The molecule has 0 bridgehead atoms. The van der Waals surface area contributed by atoms with E-state index in [1.165, 1.54) is 0 Å². The second kappa shape index (κ2) is 6.83. The zero-order valence-corrected chi connectivity index (χ0v) is 11.6. The molecule has 0 fully saturated rings. The first-order valence-electron chi connectivity index (χ1n) is 5.93. The summed E-state index contributed by atoms with van der Waals surface area (Å²) in [5.74, 6) is 0.799. The Bertz CT molecular complexity index is 452. The van der Waals surface area contributed by atoms with Crippen LogP contribution in [0.25, 0.3) is 0 Å². The van der Waals surface area contributed by atoms with Crippen LogP contribution in [0.4, 0.5) is 17.5 Å². The maximum absolute atomic E-state index is 11.1. The van der Waals surface area contributed by atoms with E-state index in [1.54, 1.807) is 21.1 Å². The Labute approximate surface area is 111 Å². The average Bonchev–Trinajstić information content (AvgIpc) is 2.35. The lowest BCUT2D eigenvalue weighted by Crippen LogP contribution is -2.18. The zero-order chi connectivity index (χ0) is 14.4. The number of ether oxygens (including phenoxy) is 1. The van der Waals surface area contributed by atoms with E-state index in [9.17, 15) is 10.1 Å². The Kier molecular flexibility index (Phi) is 5.43. The molecular formula is C11H19N5O3. The van der Waals surface area contributed by atoms with Gasteiger partial charge in [0.05, 0.1) is 11.5 Å². The standard InChI is InChI=1S/C11H19N5O3/c1-7(6-19-4)5-13-10-9(16(17)18)8(2)14-11(12-3)15-10/h7H,5-6H2,1-4H3,(H2,12,13,14,15). The SMILES string of the molecule is CNc1nc(C)c([N+](=O)[O-])c(NCC(C)COC)n1. The Morgan fingerprint density at radius 2 is 2.16 bits per heavy atom. The predicted octanol–water partition coefficient (Wildman–Crippen LogP) is 1.43. The highest BCUT2D eigenvalue weighted by Gasteiger charge is 2.22. The summed E-state index contributed by atoms with van der Waals surface area (Å²) < 4.78 is 5.02. The smallest absolute Gasteiger partial charge is 0.332 e. The van der Waals surface area contributed by atoms with Gasteiger partial charge in [0.25, 0.3) is 0 Å². The number of hydrogen-bond donors (Lipinski definition) is 2. The summed E-state index contributed by atoms with van der Waals surface area (Å²) in [4.78, 5) is 18.7. The Morgan fingerprint density at radius 1 is 1.47 bits per heavy atom. The number of nitro groups is 1. The molecule has 0 aliphatic heterocycles. The average molecular weight is 269 g/mol. The summed E-state index contributed by atoms with van der Waals surface area (Å²) in [6.07, 6.45) is 0. The first-order valence-corrected chi connectivity index (χ1v) is 5.93. The van der Waals surface area contributed by atoms with Gasteiger partial charge >= 0.3 is 5.69 Å². The largest absolute Gasteiger partial charge is 0.384 e. The molecule has 2 N–H and O–H groups in total. The van der Waals surface area contributed by atoms with Crippen molar-refractivity contribution >= 4 is 17.5 Å². The first kappa shape index (κ1) is 15.1. The number of nitrogens with one attached hydrogen (secondary N) is 2. The first-order chi connectivity index (χ1) is 8.99. The summed E-state index contributed by atoms with van der Waals surface area (Å²) in [5.41, 5.74) is 0.231. The maximum Gasteiger partial charge on any atom is 0.332 e. The van der Waals surface area contributed by atoms with Crippen LogP contribution in [0.5, 0.6) is 0 Å². The van der Waals surface area contributed by atoms with Gasteiger partial charge in [0.1, 0.15) is 5.69 Å². The van der Waals surface area contributed by atoms with Gasteiger partial charge in [-0.2, -0.15) is 4.98 Å². The van der Waals surface area contributed by atoms with Crippen LogP contribution < -0.4 is 10.6 Å². The number of aryl methyl sites for hydroxylation is 1. The van der Waals surface area contributed by atoms with Gasteiger partial charge in [-0.1, -0.05) is 6.92 Å². The van der Waals surface area contributed by atoms with Crippen LogP contribution in [-0.4, -0.2) is 42.2 Å². The molecule has 106 valence electrons. The van der Waals surface area contributed by atoms with Crippen molar-refractivity contribution in [2.45, 2.75) is 13.8 Å². The van der Waals surface area contributed by atoms with Crippen LogP contribution in [0.2, 0.25) is 0 Å². The topological polar surface area (TPSA) is 102 Å². The number of hydrogen-bond acceptors (Lipinski definition) is 7. The Morgan fingerprint density at radius 3 is 2.68 bits per heavy atom. The van der Waals surface area contributed by atoms with Crippen molar-refractivity contribution in [3.63, 3.8) is 0 Å². The molecule has 1 atom stereocenters. The summed E-state index contributed by atoms with van der Waals surface area (Å²) in [6.45, 7) is 4.68. The molecule has 0 aliphatic carbocycles. The summed E-state index contributed by atoms with van der Waals surface area (Å²) in [5, 5.41) is 16.8. The van der Waals surface area contributed by atoms with Crippen molar-refractivity contribution in [3.05, 3.63) is 15.8 Å². The normalized spacial score (nSPS) is 12.0. The van der Waals surface area contributed by atoms with Gasteiger partial charge in [0, 0.05) is 20.7 Å². The minimum Gasteiger partial charge on any atom is -0.384 e. The van der Waals surface area contributed by atoms with Crippen molar-refractivity contribution < 1.29 is 9.66 Å². The lowest BCUT2D eigenvalue weighted by Gasteiger charge is -2.13. The molecule has 0 saturated carbocycles. The number of rotatable bonds is 7. The lowest BCUT2D eigenvalue weighted by molar-refractivity contribution is -0.385. The molecule has 19 heavy (non-hydrogen) atoms. The van der Waals surface area contributed by atoms with Crippen molar-refractivity contribution in [3.8, 4) is 0 Å². The molecule has 0 amide bonds. The predicted molar refractivity (Wildman–Crippen MR) is 72.5 cm³/mol. The quantitative estimate of drug-likeness (QED) is 0.570. The molecule has 0 radical (unpaired) electrons. The second-order valence-electron chi connectivity index (χ2n) is 4.28. The van der Waals surface area contributed by atoms with Crippen LogP contribution in [-0.2, 0) is 4.74 Å². The molecule has 1 aromatic heterocycles. The highest BCUT2D eigenvalue weighted by Crippen LogP contribution is 2.26. The fraction of sp³-hybridized carbons (Fsp3) is 0.636. The zero-order valence-electron chi connectivity index (χ0n) is 11.6. The molecule has 8 nitrogen and oxygen atoms in total. The van der Waals surface area contributed by atoms with E-state index in [4.69, 9.17) is 4.74 Å². The van der Waals surface area contributed by atoms with Gasteiger partial charge in [-0.3, -0.25) is 10.1 Å². The monoisotopic (exact) mass is 269 g/mol. The minimum atomic E-state index is -0.474. The third kappa shape index (κ3) is 4.02. The van der Waals surface area contributed by atoms with E-state index in [1.807, 2.05) is 6.92 Å². The van der Waals surface area contributed by atoms with Crippen LogP contribution in [0.15, 0.2) is 0 Å². The van der Waals surface area contributed by atoms with Gasteiger partial charge in [0.2, 0.25) is 11.8 Å². The molecule has 8 heteroatoms. The van der Waals surface area contributed by atoms with Gasteiger partial charge in [-0.25, -0.2) is 4.98 Å². The summed E-state index contributed by atoms with van der Waals surface area (Å²) in [7, 11) is 3.28. The third-order valence-corrected chi connectivity index (χ3v) is 2.53. The van der Waals surface area contributed by atoms with E-state index >= 15 is 0 Å². The highest BCUT2D eigenvalue weighted by molar-refractivity contribution is 5.60. The van der Waals surface area contributed by atoms with E-state index in [-0.39, 0.29) is 17.4 Å². The van der Waals surface area contributed by atoms with Crippen LogP contribution in [0.1, 0.15) is 12.6 Å². The minimum absolute atomic E-state index is 0.0939. The van der Waals surface area contributed by atoms with Crippen LogP contribution in [0.3, 0.4) is 0 Å². The molecule has 1 rings (SSSR count). The van der Waals surface area contributed by atoms with Crippen LogP contribution >= 0.6 is 0 Å². The highest BCUT2D eigenvalue weighted by atomic mass is 16.6. The number of aromatic nitrogens is 2. The third-order valence-electron chi connectivity index (χ3n) is 2.53. The van der Waals surface area contributed by atoms with Crippen molar-refractivity contribution in [2.75, 3.05) is 37.9 Å². The van der Waals surface area contributed by atoms with E-state index < -0.39 is 4.92 Å². The van der Waals surface area contributed by atoms with E-state index in [2.05, 4.69) is 20.6 Å². The Balaban J connectivity index is 2.96. The van der Waals surface area contributed by atoms with Crippen molar-refractivity contribution in [2.24, 2.45) is 5.92 Å². The molecule has 0 spiro atoms. The molecular weight excluding hydrogens is 250 g/mol. The maximum atomic E-state index is 11.1. The van der Waals surface area contributed by atoms with Gasteiger partial charge in [-0.05, 0) is 12.8 Å². The molecule has 1 aromatic rings. The molecule has 0 aromatic carbocycles. The van der Waals surface area contributed by atoms with E-state index in [0.29, 0.717) is 24.8 Å². The molecule has 1 unspecified atom stereocenters.